The average Bonchev–Trinajstić information content (AvgIpc) is 2.60. The van der Waals surface area contributed by atoms with Crippen molar-refractivity contribution in [3.63, 3.8) is 0 Å². The van der Waals surface area contributed by atoms with Crippen LogP contribution in [0, 0.1) is 10.1 Å². The smallest absolute Gasteiger partial charge is 0.274 e. The molecule has 5 nitrogen and oxygen atoms in total. The summed E-state index contributed by atoms with van der Waals surface area (Å²) in [7, 11) is 0. The molecular weight excluding hydrogens is 216 g/mol. The minimum Gasteiger partial charge on any atom is -0.274 e. The maximum absolute atomic E-state index is 10.4. The van der Waals surface area contributed by atoms with Crippen LogP contribution in [-0.4, -0.2) is 11.0 Å². The van der Waals surface area contributed by atoms with E-state index in [0.717, 1.165) is 16.2 Å². The van der Waals surface area contributed by atoms with Gasteiger partial charge in [0.2, 0.25) is 0 Å². The predicted octanol–water partition coefficient (Wildman–Crippen LogP) is 2.56. The third kappa shape index (κ3) is 4.09. The Morgan fingerprint density at radius 2 is 2.33 bits per heavy atom. The molecule has 0 bridgehead atoms. The number of hydroxylamine groups is 1. The second-order valence-electron chi connectivity index (χ2n) is 3.05. The number of nitro groups is 1. The molecule has 0 aliphatic rings. The van der Waals surface area contributed by atoms with Crippen LogP contribution in [0.2, 0.25) is 0 Å². The molecule has 0 saturated carbocycles. The van der Waals surface area contributed by atoms with Crippen LogP contribution < -0.4 is 5.48 Å². The Morgan fingerprint density at radius 1 is 1.60 bits per heavy atom. The lowest BCUT2D eigenvalue weighted by atomic mass is 10.4. The highest BCUT2D eigenvalue weighted by atomic mass is 32.1. The summed E-state index contributed by atoms with van der Waals surface area (Å²) >= 11 is 1.12. The van der Waals surface area contributed by atoms with Crippen LogP contribution in [0.25, 0.3) is 6.08 Å². The standard InChI is InChI=1S/C9H12N2O3S/c1-7(2)14-10-6-5-8-3-4-9(15-8)11(12)13/h3-7,10H,1-2H3. The topological polar surface area (TPSA) is 64.4 Å². The molecule has 0 fully saturated rings. The molecule has 1 rings (SSSR count). The first-order chi connectivity index (χ1) is 7.09. The summed E-state index contributed by atoms with van der Waals surface area (Å²) in [4.78, 5) is 15.8. The Morgan fingerprint density at radius 3 is 2.87 bits per heavy atom. The van der Waals surface area contributed by atoms with E-state index in [0.29, 0.717) is 0 Å². The minimum absolute atomic E-state index is 0.0901. The molecule has 1 N–H and O–H groups in total. The SMILES string of the molecule is CC(C)ONC=Cc1ccc([N+](=O)[O-])s1. The first kappa shape index (κ1) is 11.7. The summed E-state index contributed by atoms with van der Waals surface area (Å²) in [5.74, 6) is 0. The van der Waals surface area contributed by atoms with Crippen LogP contribution in [0.4, 0.5) is 5.00 Å². The average molecular weight is 228 g/mol. The number of nitrogens with zero attached hydrogens (tertiary/aromatic N) is 1. The van der Waals surface area contributed by atoms with E-state index in [1.54, 1.807) is 18.3 Å². The van der Waals surface area contributed by atoms with Crippen LogP contribution in [-0.2, 0) is 4.84 Å². The summed E-state index contributed by atoms with van der Waals surface area (Å²) in [6.45, 7) is 3.80. The molecule has 15 heavy (non-hydrogen) atoms. The van der Waals surface area contributed by atoms with E-state index in [-0.39, 0.29) is 11.1 Å². The van der Waals surface area contributed by atoms with Crippen molar-refractivity contribution in [3.8, 4) is 0 Å². The van der Waals surface area contributed by atoms with Gasteiger partial charge in [-0.1, -0.05) is 11.3 Å². The van der Waals surface area contributed by atoms with Crippen molar-refractivity contribution in [2.45, 2.75) is 20.0 Å². The van der Waals surface area contributed by atoms with E-state index in [1.807, 2.05) is 13.8 Å². The molecule has 1 heterocycles. The molecule has 0 saturated heterocycles. The van der Waals surface area contributed by atoms with Crippen molar-refractivity contribution in [1.29, 1.82) is 0 Å². The van der Waals surface area contributed by atoms with Crippen molar-refractivity contribution in [3.05, 3.63) is 33.3 Å². The Kier molecular flexibility index (Phi) is 4.26. The lowest BCUT2D eigenvalue weighted by Crippen LogP contribution is -2.12. The summed E-state index contributed by atoms with van der Waals surface area (Å²) in [5, 5.41) is 10.5. The van der Waals surface area contributed by atoms with Gasteiger partial charge < -0.3 is 0 Å². The Labute approximate surface area is 91.5 Å². The van der Waals surface area contributed by atoms with Crippen LogP contribution >= 0.6 is 11.3 Å². The van der Waals surface area contributed by atoms with Gasteiger partial charge in [-0.05, 0) is 26.0 Å². The number of hydrogen-bond donors (Lipinski definition) is 1. The fourth-order valence-electron chi connectivity index (χ4n) is 0.821. The molecule has 0 aliphatic heterocycles. The summed E-state index contributed by atoms with van der Waals surface area (Å²) < 4.78 is 0. The van der Waals surface area contributed by atoms with E-state index >= 15 is 0 Å². The van der Waals surface area contributed by atoms with Crippen molar-refractivity contribution in [1.82, 2.24) is 5.48 Å². The number of nitrogens with one attached hydrogen (secondary N) is 1. The predicted molar refractivity (Wildman–Crippen MR) is 59.4 cm³/mol. The van der Waals surface area contributed by atoms with Gasteiger partial charge in [0.15, 0.2) is 0 Å². The largest absolute Gasteiger partial charge is 0.324 e. The molecule has 1 aromatic rings. The van der Waals surface area contributed by atoms with Crippen molar-refractivity contribution >= 4 is 22.4 Å². The molecular formula is C9H12N2O3S. The molecule has 0 atom stereocenters. The fraction of sp³-hybridized carbons (Fsp3) is 0.333. The van der Waals surface area contributed by atoms with Crippen LogP contribution in [0.1, 0.15) is 18.7 Å². The second kappa shape index (κ2) is 5.47. The van der Waals surface area contributed by atoms with Gasteiger partial charge in [0, 0.05) is 17.1 Å². The zero-order chi connectivity index (χ0) is 11.3. The Balaban J connectivity index is 2.46. The lowest BCUT2D eigenvalue weighted by molar-refractivity contribution is -0.380. The maximum atomic E-state index is 10.4. The highest BCUT2D eigenvalue weighted by molar-refractivity contribution is 7.16. The van der Waals surface area contributed by atoms with E-state index in [1.165, 1.54) is 6.07 Å². The number of thiophene rings is 1. The fourth-order valence-corrected chi connectivity index (χ4v) is 1.55. The van der Waals surface area contributed by atoms with Gasteiger partial charge in [0.1, 0.15) is 0 Å². The van der Waals surface area contributed by atoms with Crippen LogP contribution in [0.15, 0.2) is 18.3 Å². The van der Waals surface area contributed by atoms with Crippen LogP contribution in [0.5, 0.6) is 0 Å². The third-order valence-corrected chi connectivity index (χ3v) is 2.41. The number of hydrogen-bond acceptors (Lipinski definition) is 5. The van der Waals surface area contributed by atoms with Gasteiger partial charge >= 0.3 is 5.00 Å². The lowest BCUT2D eigenvalue weighted by Gasteiger charge is -2.03. The van der Waals surface area contributed by atoms with Gasteiger partial charge in [-0.25, -0.2) is 0 Å². The van der Waals surface area contributed by atoms with Gasteiger partial charge in [-0.2, -0.15) is 0 Å². The van der Waals surface area contributed by atoms with Gasteiger partial charge in [0.05, 0.1) is 11.0 Å². The normalized spacial score (nSPS) is 11.1. The van der Waals surface area contributed by atoms with E-state index in [9.17, 15) is 10.1 Å². The Hall–Kier alpha value is -1.40. The monoisotopic (exact) mass is 228 g/mol. The van der Waals surface area contributed by atoms with E-state index in [4.69, 9.17) is 4.84 Å². The molecule has 6 heteroatoms. The Bertz CT molecular complexity index is 360. The molecule has 0 aromatic carbocycles. The van der Waals surface area contributed by atoms with Crippen molar-refractivity contribution < 1.29 is 9.76 Å². The minimum atomic E-state index is -0.403. The van der Waals surface area contributed by atoms with Gasteiger partial charge in [0.25, 0.3) is 0 Å². The molecule has 0 radical (unpaired) electrons. The molecule has 0 unspecified atom stereocenters. The summed E-state index contributed by atoms with van der Waals surface area (Å²) in [5.41, 5.74) is 2.63. The highest BCUT2D eigenvalue weighted by Gasteiger charge is 2.07. The molecule has 0 aliphatic carbocycles. The quantitative estimate of drug-likeness (QED) is 0.621. The number of rotatable bonds is 5. The first-order valence-corrected chi connectivity index (χ1v) is 5.23. The van der Waals surface area contributed by atoms with Gasteiger partial charge in [-0.3, -0.25) is 20.4 Å². The van der Waals surface area contributed by atoms with Crippen molar-refractivity contribution in [2.75, 3.05) is 0 Å². The van der Waals surface area contributed by atoms with E-state index in [2.05, 4.69) is 5.48 Å². The first-order valence-electron chi connectivity index (χ1n) is 4.41. The second-order valence-corrected chi connectivity index (χ2v) is 4.14. The summed E-state index contributed by atoms with van der Waals surface area (Å²) in [6, 6.07) is 3.17. The van der Waals surface area contributed by atoms with Crippen LogP contribution in [0.3, 0.4) is 0 Å². The molecule has 82 valence electrons. The zero-order valence-electron chi connectivity index (χ0n) is 8.47. The highest BCUT2D eigenvalue weighted by Crippen LogP contribution is 2.24. The third-order valence-electron chi connectivity index (χ3n) is 1.41. The van der Waals surface area contributed by atoms with Crippen molar-refractivity contribution in [2.24, 2.45) is 0 Å². The summed E-state index contributed by atoms with van der Waals surface area (Å²) in [6.07, 6.45) is 3.42. The molecule has 0 spiro atoms. The molecule has 0 amide bonds. The maximum Gasteiger partial charge on any atom is 0.324 e. The molecule has 1 aromatic heterocycles. The van der Waals surface area contributed by atoms with Gasteiger partial charge in [-0.15, -0.1) is 0 Å². The van der Waals surface area contributed by atoms with E-state index < -0.39 is 4.92 Å². The zero-order valence-corrected chi connectivity index (χ0v) is 9.28.